The van der Waals surface area contributed by atoms with Crippen molar-refractivity contribution in [1.29, 1.82) is 0 Å². The highest BCUT2D eigenvalue weighted by atomic mass is 16.5. The fourth-order valence-electron chi connectivity index (χ4n) is 4.72. The van der Waals surface area contributed by atoms with E-state index in [1.54, 1.807) is 14.2 Å². The van der Waals surface area contributed by atoms with Crippen molar-refractivity contribution in [3.8, 4) is 22.8 Å². The van der Waals surface area contributed by atoms with Crippen LogP contribution in [0.25, 0.3) is 11.1 Å². The lowest BCUT2D eigenvalue weighted by molar-refractivity contribution is 0.00376. The zero-order chi connectivity index (χ0) is 25.5. The van der Waals surface area contributed by atoms with Gasteiger partial charge < -0.3 is 19.5 Å². The lowest BCUT2D eigenvalue weighted by Crippen LogP contribution is -2.37. The van der Waals surface area contributed by atoms with E-state index in [2.05, 4.69) is 28.1 Å². The fourth-order valence-corrected chi connectivity index (χ4v) is 4.72. The minimum absolute atomic E-state index is 0.447. The van der Waals surface area contributed by atoms with Gasteiger partial charge in [-0.1, -0.05) is 72.8 Å². The molecule has 186 valence electrons. The molecule has 3 aromatic carbocycles. The van der Waals surface area contributed by atoms with E-state index in [-0.39, 0.29) is 0 Å². The summed E-state index contributed by atoms with van der Waals surface area (Å²) in [6.07, 6.45) is 2.34. The summed E-state index contributed by atoms with van der Waals surface area (Å²) in [6, 6.07) is 30.0. The van der Waals surface area contributed by atoms with Crippen LogP contribution in [0.3, 0.4) is 0 Å². The van der Waals surface area contributed by atoms with E-state index >= 15 is 0 Å². The summed E-state index contributed by atoms with van der Waals surface area (Å²) < 4.78 is 11.2. The Bertz CT molecular complexity index is 1240. The molecule has 0 bridgehead atoms. The van der Waals surface area contributed by atoms with Crippen molar-refractivity contribution in [2.24, 2.45) is 0 Å². The predicted octanol–water partition coefficient (Wildman–Crippen LogP) is 5.74. The van der Waals surface area contributed by atoms with Crippen molar-refractivity contribution in [3.05, 3.63) is 114 Å². The quantitative estimate of drug-likeness (QED) is 0.313. The van der Waals surface area contributed by atoms with E-state index in [0.29, 0.717) is 18.8 Å². The molecule has 1 heterocycles. The SMILES string of the molecule is COc1ccc(C(c2cc(-c3ccccc3)cnc2OC)C(O)(CCN(C)C)c2ccccc2)cc1. The monoisotopic (exact) mass is 482 g/mol. The standard InChI is InChI=1S/C31H34N2O3/c1-33(2)20-19-31(34,26-13-9-6-10-14-26)29(24-15-17-27(35-3)18-16-24)28-21-25(22-32-30(28)36-4)23-11-7-5-8-12-23/h5-18,21-22,29,34H,19-20H2,1-4H3. The van der Waals surface area contributed by atoms with Gasteiger partial charge in [-0.2, -0.15) is 0 Å². The second kappa shape index (κ2) is 11.4. The molecule has 4 aromatic rings. The zero-order valence-electron chi connectivity index (χ0n) is 21.4. The summed E-state index contributed by atoms with van der Waals surface area (Å²) in [4.78, 5) is 6.78. The molecule has 0 saturated heterocycles. The first-order valence-corrected chi connectivity index (χ1v) is 12.1. The average Bonchev–Trinajstić information content (AvgIpc) is 2.93. The molecule has 36 heavy (non-hydrogen) atoms. The minimum atomic E-state index is -1.23. The van der Waals surface area contributed by atoms with Gasteiger partial charge in [0, 0.05) is 29.8 Å². The number of aliphatic hydroxyl groups is 1. The Hall–Kier alpha value is -3.67. The van der Waals surface area contributed by atoms with Crippen LogP contribution < -0.4 is 9.47 Å². The molecular formula is C31H34N2O3. The second-order valence-electron chi connectivity index (χ2n) is 9.24. The molecule has 0 radical (unpaired) electrons. The number of pyridine rings is 1. The molecular weight excluding hydrogens is 448 g/mol. The Balaban J connectivity index is 1.97. The van der Waals surface area contributed by atoms with E-state index in [1.807, 2.05) is 93.1 Å². The molecule has 0 aliphatic heterocycles. The highest BCUT2D eigenvalue weighted by Gasteiger charge is 2.42. The lowest BCUT2D eigenvalue weighted by Gasteiger charge is -2.39. The number of ether oxygens (including phenoxy) is 2. The summed E-state index contributed by atoms with van der Waals surface area (Å²) in [5.74, 6) is 0.809. The van der Waals surface area contributed by atoms with Crippen LogP contribution in [0.4, 0.5) is 0 Å². The maximum absolute atomic E-state index is 12.7. The van der Waals surface area contributed by atoms with E-state index < -0.39 is 11.5 Å². The van der Waals surface area contributed by atoms with Crippen LogP contribution in [-0.2, 0) is 5.60 Å². The Labute approximate surface area is 214 Å². The highest BCUT2D eigenvalue weighted by Crippen LogP contribution is 2.47. The Morgan fingerprint density at radius 2 is 1.47 bits per heavy atom. The van der Waals surface area contributed by atoms with Crippen molar-refractivity contribution < 1.29 is 14.6 Å². The largest absolute Gasteiger partial charge is 0.497 e. The molecule has 0 aliphatic carbocycles. The molecule has 2 atom stereocenters. The van der Waals surface area contributed by atoms with Crippen LogP contribution in [0.2, 0.25) is 0 Å². The summed E-state index contributed by atoms with van der Waals surface area (Å²) >= 11 is 0. The summed E-state index contributed by atoms with van der Waals surface area (Å²) in [7, 11) is 7.32. The molecule has 1 N–H and O–H groups in total. The summed E-state index contributed by atoms with van der Waals surface area (Å²) in [6.45, 7) is 0.701. The first kappa shape index (κ1) is 25.4. The molecule has 5 heteroatoms. The van der Waals surface area contributed by atoms with Crippen LogP contribution in [0.5, 0.6) is 11.6 Å². The molecule has 0 amide bonds. The van der Waals surface area contributed by atoms with E-state index in [0.717, 1.165) is 33.6 Å². The normalized spacial score (nSPS) is 13.7. The van der Waals surface area contributed by atoms with Gasteiger partial charge in [-0.05, 0) is 55.4 Å². The number of aromatic nitrogens is 1. The van der Waals surface area contributed by atoms with Crippen LogP contribution in [-0.4, -0.2) is 49.9 Å². The first-order chi connectivity index (χ1) is 17.5. The Morgan fingerprint density at radius 3 is 2.06 bits per heavy atom. The van der Waals surface area contributed by atoms with E-state index in [9.17, 15) is 5.11 Å². The lowest BCUT2D eigenvalue weighted by atomic mass is 9.71. The van der Waals surface area contributed by atoms with Crippen LogP contribution in [0, 0.1) is 0 Å². The van der Waals surface area contributed by atoms with Gasteiger partial charge >= 0.3 is 0 Å². The first-order valence-electron chi connectivity index (χ1n) is 12.1. The van der Waals surface area contributed by atoms with Crippen LogP contribution in [0.1, 0.15) is 29.0 Å². The Morgan fingerprint density at radius 1 is 0.833 bits per heavy atom. The van der Waals surface area contributed by atoms with Gasteiger partial charge in [0.2, 0.25) is 5.88 Å². The van der Waals surface area contributed by atoms with Crippen molar-refractivity contribution in [2.75, 3.05) is 34.9 Å². The predicted molar refractivity (Wildman–Crippen MR) is 145 cm³/mol. The third kappa shape index (κ3) is 5.43. The average molecular weight is 483 g/mol. The molecule has 1 aromatic heterocycles. The number of rotatable bonds is 10. The zero-order valence-corrected chi connectivity index (χ0v) is 21.4. The van der Waals surface area contributed by atoms with Crippen molar-refractivity contribution in [3.63, 3.8) is 0 Å². The number of hydrogen-bond donors (Lipinski definition) is 1. The van der Waals surface area contributed by atoms with Gasteiger partial charge in [0.1, 0.15) is 11.4 Å². The molecule has 4 rings (SSSR count). The maximum Gasteiger partial charge on any atom is 0.217 e. The van der Waals surface area contributed by atoms with E-state index in [4.69, 9.17) is 9.47 Å². The summed E-state index contributed by atoms with van der Waals surface area (Å²) in [5.41, 5.74) is 3.41. The number of benzene rings is 3. The third-order valence-electron chi connectivity index (χ3n) is 6.63. The molecule has 0 aliphatic rings. The van der Waals surface area contributed by atoms with Crippen molar-refractivity contribution >= 4 is 0 Å². The van der Waals surface area contributed by atoms with Gasteiger partial charge in [-0.15, -0.1) is 0 Å². The second-order valence-corrected chi connectivity index (χ2v) is 9.24. The third-order valence-corrected chi connectivity index (χ3v) is 6.63. The molecule has 0 saturated carbocycles. The minimum Gasteiger partial charge on any atom is -0.497 e. The van der Waals surface area contributed by atoms with Gasteiger partial charge in [0.25, 0.3) is 0 Å². The molecule has 0 fully saturated rings. The maximum atomic E-state index is 12.7. The molecule has 2 unspecified atom stereocenters. The van der Waals surface area contributed by atoms with Crippen molar-refractivity contribution in [2.45, 2.75) is 17.9 Å². The highest BCUT2D eigenvalue weighted by molar-refractivity contribution is 5.65. The fraction of sp³-hybridized carbons (Fsp3) is 0.258. The van der Waals surface area contributed by atoms with Gasteiger partial charge in [0.05, 0.1) is 14.2 Å². The van der Waals surface area contributed by atoms with Crippen molar-refractivity contribution in [1.82, 2.24) is 9.88 Å². The van der Waals surface area contributed by atoms with Gasteiger partial charge in [0.15, 0.2) is 0 Å². The van der Waals surface area contributed by atoms with Crippen LogP contribution >= 0.6 is 0 Å². The number of methoxy groups -OCH3 is 2. The number of hydrogen-bond acceptors (Lipinski definition) is 5. The van der Waals surface area contributed by atoms with Gasteiger partial charge in [-0.3, -0.25) is 0 Å². The molecule has 5 nitrogen and oxygen atoms in total. The Kier molecular flexibility index (Phi) is 8.04. The number of nitrogens with zero attached hydrogens (tertiary/aromatic N) is 2. The van der Waals surface area contributed by atoms with E-state index in [1.165, 1.54) is 0 Å². The topological polar surface area (TPSA) is 54.8 Å². The molecule has 0 spiro atoms. The van der Waals surface area contributed by atoms with Gasteiger partial charge in [-0.25, -0.2) is 4.98 Å². The van der Waals surface area contributed by atoms with Crippen LogP contribution in [0.15, 0.2) is 97.2 Å². The smallest absolute Gasteiger partial charge is 0.217 e. The summed E-state index contributed by atoms with van der Waals surface area (Å²) in [5, 5.41) is 12.7.